The van der Waals surface area contributed by atoms with Gasteiger partial charge in [-0.2, -0.15) is 0 Å². The van der Waals surface area contributed by atoms with Gasteiger partial charge in [0.05, 0.1) is 11.9 Å². The van der Waals surface area contributed by atoms with Crippen molar-refractivity contribution in [1.82, 2.24) is 9.55 Å². The van der Waals surface area contributed by atoms with Crippen LogP contribution in [0.4, 0.5) is 4.39 Å². The van der Waals surface area contributed by atoms with Crippen LogP contribution in [0.5, 0.6) is 11.6 Å². The van der Waals surface area contributed by atoms with Crippen molar-refractivity contribution in [3.05, 3.63) is 82.2 Å². The number of hydrogen-bond acceptors (Lipinski definition) is 4. The van der Waals surface area contributed by atoms with Crippen LogP contribution < -0.4 is 10.3 Å². The minimum atomic E-state index is -1.28. The molecule has 0 aliphatic rings. The molecule has 2 heterocycles. The van der Waals surface area contributed by atoms with Gasteiger partial charge in [0.25, 0.3) is 5.56 Å². The number of halogens is 1. The maximum absolute atomic E-state index is 12.9. The van der Waals surface area contributed by atoms with Crippen LogP contribution in [0.1, 0.15) is 15.9 Å². The fourth-order valence-electron chi connectivity index (χ4n) is 2.29. The predicted octanol–water partition coefficient (Wildman–Crippen LogP) is 3.17. The third-order valence-electron chi connectivity index (χ3n) is 3.55. The molecule has 2 aromatic heterocycles. The van der Waals surface area contributed by atoms with E-state index < -0.39 is 11.5 Å². The number of aromatic nitrogens is 2. The first-order valence-electron chi connectivity index (χ1n) is 7.31. The first-order chi connectivity index (χ1) is 12.0. The van der Waals surface area contributed by atoms with Crippen LogP contribution in [-0.2, 0) is 0 Å². The Hall–Kier alpha value is -3.48. The smallest absolute Gasteiger partial charge is 0.341 e. The molecule has 0 amide bonds. The molecule has 1 aromatic carbocycles. The molecule has 0 aliphatic carbocycles. The van der Waals surface area contributed by atoms with Crippen LogP contribution in [0.2, 0.25) is 0 Å². The molecule has 6 nitrogen and oxygen atoms in total. The molecule has 3 aromatic rings. The van der Waals surface area contributed by atoms with Gasteiger partial charge in [0.15, 0.2) is 0 Å². The first-order valence-corrected chi connectivity index (χ1v) is 7.31. The summed E-state index contributed by atoms with van der Waals surface area (Å²) in [5.41, 5.74) is -0.132. The maximum atomic E-state index is 12.9. The molecule has 0 aliphatic heterocycles. The van der Waals surface area contributed by atoms with Crippen molar-refractivity contribution >= 4 is 5.97 Å². The summed E-state index contributed by atoms with van der Waals surface area (Å²) in [6.07, 6.45) is 2.88. The molecule has 0 spiro atoms. The van der Waals surface area contributed by atoms with E-state index in [0.717, 1.165) is 0 Å². The number of ether oxygens (including phenoxy) is 1. The maximum Gasteiger partial charge on any atom is 0.341 e. The van der Waals surface area contributed by atoms with E-state index in [0.29, 0.717) is 17.0 Å². The summed E-state index contributed by atoms with van der Waals surface area (Å²) in [5.74, 6) is -0.971. The summed E-state index contributed by atoms with van der Waals surface area (Å²) < 4.78 is 19.6. The Morgan fingerprint density at radius 1 is 1.16 bits per heavy atom. The lowest BCUT2D eigenvalue weighted by atomic mass is 10.1. The van der Waals surface area contributed by atoms with Crippen LogP contribution in [0.3, 0.4) is 0 Å². The molecular weight excluding hydrogens is 327 g/mol. The van der Waals surface area contributed by atoms with Crippen LogP contribution in [0.15, 0.2) is 59.7 Å². The van der Waals surface area contributed by atoms with Gasteiger partial charge in [-0.05, 0) is 48.9 Å². The Morgan fingerprint density at radius 3 is 2.48 bits per heavy atom. The predicted molar refractivity (Wildman–Crippen MR) is 88.0 cm³/mol. The van der Waals surface area contributed by atoms with Gasteiger partial charge in [0.1, 0.15) is 17.1 Å². The molecular formula is C18H13FN2O4. The van der Waals surface area contributed by atoms with E-state index in [2.05, 4.69) is 4.98 Å². The average molecular weight is 340 g/mol. The van der Waals surface area contributed by atoms with Gasteiger partial charge in [-0.3, -0.25) is 9.36 Å². The zero-order chi connectivity index (χ0) is 18.0. The number of aryl methyl sites for hydroxylation is 1. The van der Waals surface area contributed by atoms with Crippen molar-refractivity contribution < 1.29 is 19.0 Å². The highest BCUT2D eigenvalue weighted by Gasteiger charge is 2.15. The Kier molecular flexibility index (Phi) is 4.30. The van der Waals surface area contributed by atoms with Crippen molar-refractivity contribution in [2.45, 2.75) is 6.92 Å². The van der Waals surface area contributed by atoms with E-state index >= 15 is 0 Å². The summed E-state index contributed by atoms with van der Waals surface area (Å²) in [6.45, 7) is 1.56. The number of carboxylic acid groups (broad SMARTS) is 1. The van der Waals surface area contributed by atoms with Gasteiger partial charge < -0.3 is 9.84 Å². The Balaban J connectivity index is 1.90. The van der Waals surface area contributed by atoms with E-state index in [9.17, 15) is 14.0 Å². The Bertz CT molecular complexity index is 979. The van der Waals surface area contributed by atoms with E-state index in [1.54, 1.807) is 19.1 Å². The number of carbonyl (C=O) groups is 1. The third kappa shape index (κ3) is 3.40. The van der Waals surface area contributed by atoms with Crippen molar-refractivity contribution in [3.63, 3.8) is 0 Å². The fraction of sp³-hybridized carbons (Fsp3) is 0.0556. The van der Waals surface area contributed by atoms with Crippen LogP contribution in [-0.4, -0.2) is 20.6 Å². The first kappa shape index (κ1) is 16.4. The molecule has 0 atom stereocenters. The second kappa shape index (κ2) is 6.56. The summed E-state index contributed by atoms with van der Waals surface area (Å²) in [7, 11) is 0. The van der Waals surface area contributed by atoms with Crippen LogP contribution >= 0.6 is 0 Å². The SMILES string of the molecule is Cc1ccn(-c2ccc(Oc3ccc(F)cc3)nc2)c(=O)c1C(=O)O. The lowest BCUT2D eigenvalue weighted by Crippen LogP contribution is -2.26. The van der Waals surface area contributed by atoms with Gasteiger partial charge in [-0.15, -0.1) is 0 Å². The summed E-state index contributed by atoms with van der Waals surface area (Å²) in [6, 6.07) is 10.1. The summed E-state index contributed by atoms with van der Waals surface area (Å²) in [5, 5.41) is 9.17. The molecule has 0 saturated heterocycles. The van der Waals surface area contributed by atoms with E-state index in [1.807, 2.05) is 0 Å². The number of pyridine rings is 2. The highest BCUT2D eigenvalue weighted by molar-refractivity contribution is 5.88. The monoisotopic (exact) mass is 340 g/mol. The molecule has 7 heteroatoms. The number of aromatic carboxylic acids is 1. The number of carboxylic acids is 1. The number of rotatable bonds is 4. The highest BCUT2D eigenvalue weighted by atomic mass is 19.1. The van der Waals surface area contributed by atoms with E-state index in [4.69, 9.17) is 9.84 Å². The van der Waals surface area contributed by atoms with E-state index in [-0.39, 0.29) is 17.3 Å². The largest absolute Gasteiger partial charge is 0.477 e. The number of nitrogens with zero attached hydrogens (tertiary/aromatic N) is 2. The fourth-order valence-corrected chi connectivity index (χ4v) is 2.29. The summed E-state index contributed by atoms with van der Waals surface area (Å²) >= 11 is 0. The lowest BCUT2D eigenvalue weighted by molar-refractivity contribution is 0.0693. The number of benzene rings is 1. The quantitative estimate of drug-likeness (QED) is 0.789. The average Bonchev–Trinajstić information content (AvgIpc) is 2.58. The summed E-state index contributed by atoms with van der Waals surface area (Å²) in [4.78, 5) is 27.6. The molecule has 1 N–H and O–H groups in total. The molecule has 3 rings (SSSR count). The van der Waals surface area contributed by atoms with Gasteiger partial charge in [0, 0.05) is 12.3 Å². The van der Waals surface area contributed by atoms with Crippen molar-refractivity contribution in [2.24, 2.45) is 0 Å². The topological polar surface area (TPSA) is 81.4 Å². The second-order valence-corrected chi connectivity index (χ2v) is 5.26. The van der Waals surface area contributed by atoms with Crippen molar-refractivity contribution in [3.8, 4) is 17.3 Å². The van der Waals surface area contributed by atoms with Crippen LogP contribution in [0, 0.1) is 12.7 Å². The van der Waals surface area contributed by atoms with Gasteiger partial charge >= 0.3 is 5.97 Å². The molecule has 0 fully saturated rings. The Morgan fingerprint density at radius 2 is 1.88 bits per heavy atom. The molecule has 0 saturated carbocycles. The van der Waals surface area contributed by atoms with Crippen molar-refractivity contribution in [2.75, 3.05) is 0 Å². The number of hydrogen-bond donors (Lipinski definition) is 1. The molecule has 0 radical (unpaired) electrons. The molecule has 25 heavy (non-hydrogen) atoms. The Labute approximate surface area is 141 Å². The zero-order valence-corrected chi connectivity index (χ0v) is 13.1. The zero-order valence-electron chi connectivity index (χ0n) is 13.1. The molecule has 0 bridgehead atoms. The lowest BCUT2D eigenvalue weighted by Gasteiger charge is -2.09. The third-order valence-corrected chi connectivity index (χ3v) is 3.55. The minimum absolute atomic E-state index is 0.258. The van der Waals surface area contributed by atoms with Crippen LogP contribution in [0.25, 0.3) is 5.69 Å². The van der Waals surface area contributed by atoms with E-state index in [1.165, 1.54) is 47.3 Å². The van der Waals surface area contributed by atoms with Gasteiger partial charge in [-0.25, -0.2) is 14.2 Å². The standard InChI is InChI=1S/C18H13FN2O4/c1-11-8-9-21(17(22)16(11)18(23)24)13-4-7-15(20-10-13)25-14-5-2-12(19)3-6-14/h2-10H,1H3,(H,23,24). The molecule has 0 unspecified atom stereocenters. The minimum Gasteiger partial charge on any atom is -0.477 e. The van der Waals surface area contributed by atoms with Crippen molar-refractivity contribution in [1.29, 1.82) is 0 Å². The highest BCUT2D eigenvalue weighted by Crippen LogP contribution is 2.20. The second-order valence-electron chi connectivity index (χ2n) is 5.26. The normalized spacial score (nSPS) is 10.5. The van der Waals surface area contributed by atoms with Gasteiger partial charge in [0.2, 0.25) is 5.88 Å². The van der Waals surface area contributed by atoms with Gasteiger partial charge in [-0.1, -0.05) is 0 Å². The molecule has 126 valence electrons.